The van der Waals surface area contributed by atoms with Crippen LogP contribution in [0.25, 0.3) is 0 Å². The summed E-state index contributed by atoms with van der Waals surface area (Å²) in [6.45, 7) is 15.9. The minimum Gasteiger partial charge on any atom is -0.374 e. The number of nitrogens with zero attached hydrogens (tertiary/aromatic N) is 1. The highest BCUT2D eigenvalue weighted by Crippen LogP contribution is 2.22. The molecule has 1 aliphatic heterocycles. The van der Waals surface area contributed by atoms with E-state index in [9.17, 15) is 0 Å². The highest BCUT2D eigenvalue weighted by molar-refractivity contribution is 6.60. The molecule has 1 unspecified atom stereocenters. The summed E-state index contributed by atoms with van der Waals surface area (Å²) in [5.41, 5.74) is 0. The maximum absolute atomic E-state index is 5.93. The van der Waals surface area contributed by atoms with Crippen molar-refractivity contribution in [3.8, 4) is 0 Å². The Morgan fingerprint density at radius 3 is 1.95 bits per heavy atom. The highest BCUT2D eigenvalue weighted by Gasteiger charge is 2.42. The minimum atomic E-state index is -2.49. The van der Waals surface area contributed by atoms with Gasteiger partial charge in [-0.3, -0.25) is 0 Å². The molecule has 0 saturated carbocycles. The summed E-state index contributed by atoms with van der Waals surface area (Å²) in [4.78, 5) is 2.52. The fourth-order valence-electron chi connectivity index (χ4n) is 2.79. The summed E-state index contributed by atoms with van der Waals surface area (Å²) in [6, 6.07) is 0.909. The Labute approximate surface area is 125 Å². The van der Waals surface area contributed by atoms with Crippen LogP contribution in [0, 0.1) is 5.92 Å². The Hall–Kier alpha value is 0.0169. The molecule has 0 aliphatic carbocycles. The van der Waals surface area contributed by atoms with Crippen molar-refractivity contribution in [3.05, 3.63) is 0 Å². The zero-order valence-corrected chi connectivity index (χ0v) is 14.6. The molecule has 0 amide bonds. The Morgan fingerprint density at radius 1 is 1.00 bits per heavy atom. The van der Waals surface area contributed by atoms with Crippen LogP contribution in [0.1, 0.15) is 27.7 Å². The maximum atomic E-state index is 5.93. The lowest BCUT2D eigenvalue weighted by atomic mass is 10.2. The second-order valence-corrected chi connectivity index (χ2v) is 7.98. The lowest BCUT2D eigenvalue weighted by molar-refractivity contribution is 0.0653. The third-order valence-corrected chi connectivity index (χ3v) is 6.85. The lowest BCUT2D eigenvalue weighted by Crippen LogP contribution is -2.50. The first kappa shape index (κ1) is 18.1. The summed E-state index contributed by atoms with van der Waals surface area (Å²) in [7, 11) is -2.49. The predicted molar refractivity (Wildman–Crippen MR) is 83.9 cm³/mol. The summed E-state index contributed by atoms with van der Waals surface area (Å²) in [5, 5.41) is 3.39. The van der Waals surface area contributed by atoms with Crippen LogP contribution < -0.4 is 5.32 Å². The molecule has 1 fully saturated rings. The van der Waals surface area contributed by atoms with E-state index in [1.807, 2.05) is 20.8 Å². The lowest BCUT2D eigenvalue weighted by Gasteiger charge is -2.34. The van der Waals surface area contributed by atoms with Gasteiger partial charge in [-0.25, -0.2) is 0 Å². The molecule has 5 nitrogen and oxygen atoms in total. The maximum Gasteiger partial charge on any atom is 0.501 e. The smallest absolute Gasteiger partial charge is 0.374 e. The zero-order valence-electron chi connectivity index (χ0n) is 13.6. The normalized spacial score (nSPS) is 19.2. The van der Waals surface area contributed by atoms with Gasteiger partial charge in [0.15, 0.2) is 0 Å². The Kier molecular flexibility index (Phi) is 8.91. The number of piperazine rings is 1. The molecule has 1 saturated heterocycles. The monoisotopic (exact) mass is 304 g/mol. The molecule has 1 rings (SSSR count). The fraction of sp³-hybridized carbons (Fsp3) is 1.00. The van der Waals surface area contributed by atoms with Crippen molar-refractivity contribution < 1.29 is 13.3 Å². The van der Waals surface area contributed by atoms with E-state index in [1.165, 1.54) is 0 Å². The van der Waals surface area contributed by atoms with Gasteiger partial charge in [0.1, 0.15) is 0 Å². The van der Waals surface area contributed by atoms with Crippen molar-refractivity contribution in [1.82, 2.24) is 10.2 Å². The summed E-state index contributed by atoms with van der Waals surface area (Å²) in [6.07, 6.45) is 0. The van der Waals surface area contributed by atoms with Gasteiger partial charge in [0.05, 0.1) is 0 Å². The molecule has 1 heterocycles. The van der Waals surface area contributed by atoms with Crippen LogP contribution in [0.2, 0.25) is 6.04 Å². The Balaban J connectivity index is 2.52. The van der Waals surface area contributed by atoms with Gasteiger partial charge < -0.3 is 23.5 Å². The van der Waals surface area contributed by atoms with Gasteiger partial charge >= 0.3 is 8.80 Å². The van der Waals surface area contributed by atoms with Crippen molar-refractivity contribution in [2.75, 3.05) is 52.5 Å². The van der Waals surface area contributed by atoms with E-state index in [0.29, 0.717) is 25.7 Å². The molecule has 120 valence electrons. The molecular formula is C14H32N2O3Si. The summed E-state index contributed by atoms with van der Waals surface area (Å²) in [5.74, 6) is 0.532. The number of hydrogen-bond donors (Lipinski definition) is 1. The molecule has 20 heavy (non-hydrogen) atoms. The molecule has 1 atom stereocenters. The first-order valence-electron chi connectivity index (χ1n) is 8.00. The molecule has 1 aliphatic rings. The molecule has 0 aromatic carbocycles. The van der Waals surface area contributed by atoms with Gasteiger partial charge in [0, 0.05) is 58.6 Å². The summed E-state index contributed by atoms with van der Waals surface area (Å²) >= 11 is 0. The van der Waals surface area contributed by atoms with E-state index in [0.717, 1.165) is 38.8 Å². The summed E-state index contributed by atoms with van der Waals surface area (Å²) < 4.78 is 17.8. The molecule has 1 N–H and O–H groups in total. The van der Waals surface area contributed by atoms with Crippen molar-refractivity contribution in [2.45, 2.75) is 33.7 Å². The average Bonchev–Trinajstić information content (AvgIpc) is 2.40. The molecule has 0 aromatic rings. The van der Waals surface area contributed by atoms with Gasteiger partial charge in [0.2, 0.25) is 0 Å². The number of nitrogens with one attached hydrogen (secondary N) is 1. The number of rotatable bonds is 10. The average molecular weight is 305 g/mol. The molecule has 0 bridgehead atoms. The van der Waals surface area contributed by atoms with Crippen LogP contribution in [0.3, 0.4) is 0 Å². The standard InChI is InChI=1S/C14H32N2O3Si/c1-5-17-20(18-6-2,19-7-3)13-14(4)12-16-10-8-15-9-11-16/h14-15H,5-13H2,1-4H3. The topological polar surface area (TPSA) is 43.0 Å². The first-order valence-corrected chi connectivity index (χ1v) is 9.93. The van der Waals surface area contributed by atoms with Gasteiger partial charge in [-0.15, -0.1) is 0 Å². The minimum absolute atomic E-state index is 0.532. The van der Waals surface area contributed by atoms with Crippen molar-refractivity contribution in [3.63, 3.8) is 0 Å². The van der Waals surface area contributed by atoms with Crippen molar-refractivity contribution in [2.24, 2.45) is 5.92 Å². The quantitative estimate of drug-likeness (QED) is 0.621. The Bertz CT molecular complexity index is 234. The molecule has 0 aromatic heterocycles. The van der Waals surface area contributed by atoms with Crippen LogP contribution in [0.5, 0.6) is 0 Å². The van der Waals surface area contributed by atoms with Gasteiger partial charge in [0.25, 0.3) is 0 Å². The van der Waals surface area contributed by atoms with Crippen LogP contribution in [0.15, 0.2) is 0 Å². The van der Waals surface area contributed by atoms with E-state index >= 15 is 0 Å². The Morgan fingerprint density at radius 2 is 1.50 bits per heavy atom. The molecular weight excluding hydrogens is 272 g/mol. The SMILES string of the molecule is CCO[Si](CC(C)CN1CCNCC1)(OCC)OCC. The molecule has 0 spiro atoms. The molecule has 6 heteroatoms. The van der Waals surface area contributed by atoms with E-state index in [-0.39, 0.29) is 0 Å². The largest absolute Gasteiger partial charge is 0.501 e. The van der Waals surface area contributed by atoms with E-state index in [4.69, 9.17) is 13.3 Å². The van der Waals surface area contributed by atoms with Crippen molar-refractivity contribution >= 4 is 8.80 Å². The van der Waals surface area contributed by atoms with Crippen LogP contribution >= 0.6 is 0 Å². The first-order chi connectivity index (χ1) is 9.65. The predicted octanol–water partition coefficient (Wildman–Crippen LogP) is 1.58. The highest BCUT2D eigenvalue weighted by atomic mass is 28.4. The van der Waals surface area contributed by atoms with Gasteiger partial charge in [-0.1, -0.05) is 6.92 Å². The molecule has 0 radical (unpaired) electrons. The second kappa shape index (κ2) is 9.86. The van der Waals surface area contributed by atoms with E-state index in [1.54, 1.807) is 0 Å². The second-order valence-electron chi connectivity index (χ2n) is 5.34. The fourth-order valence-corrected chi connectivity index (χ4v) is 5.69. The van der Waals surface area contributed by atoms with Crippen LogP contribution in [-0.2, 0) is 13.3 Å². The van der Waals surface area contributed by atoms with Crippen LogP contribution in [0.4, 0.5) is 0 Å². The van der Waals surface area contributed by atoms with Crippen LogP contribution in [-0.4, -0.2) is 66.2 Å². The van der Waals surface area contributed by atoms with E-state index < -0.39 is 8.80 Å². The number of hydrogen-bond acceptors (Lipinski definition) is 5. The third-order valence-electron chi connectivity index (χ3n) is 3.47. The zero-order chi connectivity index (χ0) is 14.8. The third kappa shape index (κ3) is 6.20. The van der Waals surface area contributed by atoms with Gasteiger partial charge in [-0.2, -0.15) is 0 Å². The van der Waals surface area contributed by atoms with E-state index in [2.05, 4.69) is 17.1 Å². The van der Waals surface area contributed by atoms with Gasteiger partial charge in [-0.05, 0) is 26.7 Å². The van der Waals surface area contributed by atoms with Crippen molar-refractivity contribution in [1.29, 1.82) is 0 Å².